The Morgan fingerprint density at radius 1 is 1.42 bits per heavy atom. The summed E-state index contributed by atoms with van der Waals surface area (Å²) in [6, 6.07) is 0. The smallest absolute Gasteiger partial charge is 0.0593 e. The van der Waals surface area contributed by atoms with E-state index in [-0.39, 0.29) is 5.54 Å². The van der Waals surface area contributed by atoms with Gasteiger partial charge in [-0.05, 0) is 44.1 Å². The van der Waals surface area contributed by atoms with Crippen LogP contribution in [0.15, 0.2) is 0 Å². The predicted octanol–water partition coefficient (Wildman–Crippen LogP) is 2.64. The van der Waals surface area contributed by atoms with E-state index in [1.54, 1.807) is 0 Å². The topological polar surface area (TPSA) is 38.5 Å². The summed E-state index contributed by atoms with van der Waals surface area (Å²) in [5.41, 5.74) is 6.42. The van der Waals surface area contributed by atoms with Crippen molar-refractivity contribution in [1.29, 1.82) is 0 Å². The van der Waals surface area contributed by atoms with Crippen molar-refractivity contribution < 1.29 is 4.74 Å². The quantitative estimate of drug-likeness (QED) is 0.833. The van der Waals surface area contributed by atoms with Crippen LogP contribution in [-0.2, 0) is 4.74 Å². The summed E-state index contributed by atoms with van der Waals surface area (Å²) >= 11 is 0. The molecule has 3 unspecified atom stereocenters. The van der Waals surface area contributed by atoms with Gasteiger partial charge in [0.1, 0.15) is 0 Å². The maximum absolute atomic E-state index is 6.20. The number of nitrogens with two attached hydrogens (primary N) is 1. The van der Waals surface area contributed by atoms with Gasteiger partial charge in [0, 0.05) is 25.2 Å². The van der Waals surface area contributed by atoms with Crippen molar-refractivity contribution in [3.8, 4) is 0 Å². The van der Waals surface area contributed by atoms with Crippen LogP contribution < -0.4 is 5.73 Å². The molecule has 112 valence electrons. The molecule has 3 nitrogen and oxygen atoms in total. The Balaban J connectivity index is 2.01. The Morgan fingerprint density at radius 2 is 2.21 bits per heavy atom. The number of likely N-dealkylation sites (tertiary alicyclic amines) is 1. The molecule has 2 saturated heterocycles. The molecule has 2 heterocycles. The second-order valence-corrected chi connectivity index (χ2v) is 6.90. The highest BCUT2D eigenvalue weighted by atomic mass is 16.5. The van der Waals surface area contributed by atoms with Gasteiger partial charge in [-0.2, -0.15) is 0 Å². The van der Waals surface area contributed by atoms with E-state index in [0.29, 0.717) is 6.10 Å². The summed E-state index contributed by atoms with van der Waals surface area (Å²) < 4.78 is 5.93. The van der Waals surface area contributed by atoms with Crippen LogP contribution in [0.25, 0.3) is 0 Å². The van der Waals surface area contributed by atoms with E-state index in [9.17, 15) is 0 Å². The third-order valence-electron chi connectivity index (χ3n) is 5.36. The third kappa shape index (κ3) is 3.32. The molecule has 0 aromatic heterocycles. The summed E-state index contributed by atoms with van der Waals surface area (Å²) in [5, 5.41) is 0. The molecule has 19 heavy (non-hydrogen) atoms. The normalized spacial score (nSPS) is 37.1. The molecule has 0 radical (unpaired) electrons. The number of hydrogen-bond donors (Lipinski definition) is 1. The highest BCUT2D eigenvalue weighted by molar-refractivity contribution is 4.99. The molecule has 0 spiro atoms. The average Bonchev–Trinajstić information content (AvgIpc) is 2.89. The van der Waals surface area contributed by atoms with E-state index in [2.05, 4.69) is 25.7 Å². The van der Waals surface area contributed by atoms with Crippen LogP contribution in [0.1, 0.15) is 52.9 Å². The number of rotatable bonds is 5. The van der Waals surface area contributed by atoms with Gasteiger partial charge in [-0.15, -0.1) is 0 Å². The van der Waals surface area contributed by atoms with E-state index >= 15 is 0 Å². The molecule has 3 heteroatoms. The highest BCUT2D eigenvalue weighted by Gasteiger charge is 2.43. The van der Waals surface area contributed by atoms with Crippen molar-refractivity contribution in [2.75, 3.05) is 26.2 Å². The molecular formula is C16H32N2O. The second-order valence-electron chi connectivity index (χ2n) is 6.90. The van der Waals surface area contributed by atoms with Crippen molar-refractivity contribution >= 4 is 0 Å². The lowest BCUT2D eigenvalue weighted by molar-refractivity contribution is -0.0689. The van der Waals surface area contributed by atoms with Crippen LogP contribution in [-0.4, -0.2) is 42.8 Å². The molecule has 0 aliphatic carbocycles. The second kappa shape index (κ2) is 6.55. The molecular weight excluding hydrogens is 236 g/mol. The maximum Gasteiger partial charge on any atom is 0.0593 e. The number of hydrogen-bond acceptors (Lipinski definition) is 3. The maximum atomic E-state index is 6.20. The first-order valence-electron chi connectivity index (χ1n) is 8.18. The Hall–Kier alpha value is -0.120. The summed E-state index contributed by atoms with van der Waals surface area (Å²) in [6.07, 6.45) is 6.43. The first kappa shape index (κ1) is 15.3. The minimum absolute atomic E-state index is 0.224. The van der Waals surface area contributed by atoms with Gasteiger partial charge in [0.05, 0.1) is 6.10 Å². The Morgan fingerprint density at radius 3 is 2.79 bits per heavy atom. The Kier molecular flexibility index (Phi) is 5.27. The standard InChI is InChI=1S/C16H32N2O/c1-4-5-15-10-16(12-17,7-9-19-15)18-8-6-14(11-18)13(2)3/h13-15H,4-12,17H2,1-3H3. The molecule has 0 bridgehead atoms. The molecule has 0 aromatic carbocycles. The summed E-state index contributed by atoms with van der Waals surface area (Å²) in [4.78, 5) is 2.70. The first-order valence-corrected chi connectivity index (χ1v) is 8.18. The molecule has 2 fully saturated rings. The molecule has 2 N–H and O–H groups in total. The monoisotopic (exact) mass is 268 g/mol. The highest BCUT2D eigenvalue weighted by Crippen LogP contribution is 2.37. The fraction of sp³-hybridized carbons (Fsp3) is 1.00. The zero-order chi connectivity index (χ0) is 13.9. The minimum Gasteiger partial charge on any atom is -0.378 e. The SMILES string of the molecule is CCCC1CC(CN)(N2CCC(C(C)C)C2)CCO1. The van der Waals surface area contributed by atoms with Crippen molar-refractivity contribution in [1.82, 2.24) is 4.90 Å². The van der Waals surface area contributed by atoms with Gasteiger partial charge in [0.25, 0.3) is 0 Å². The van der Waals surface area contributed by atoms with Crippen LogP contribution in [0.2, 0.25) is 0 Å². The molecule has 0 saturated carbocycles. The van der Waals surface area contributed by atoms with Crippen LogP contribution in [0.4, 0.5) is 0 Å². The first-order chi connectivity index (χ1) is 9.11. The van der Waals surface area contributed by atoms with Gasteiger partial charge in [-0.25, -0.2) is 0 Å². The molecule has 3 atom stereocenters. The van der Waals surface area contributed by atoms with Crippen LogP contribution in [0.3, 0.4) is 0 Å². The van der Waals surface area contributed by atoms with Crippen molar-refractivity contribution in [2.45, 2.75) is 64.5 Å². The fourth-order valence-electron chi connectivity index (χ4n) is 3.87. The zero-order valence-electron chi connectivity index (χ0n) is 13.0. The lowest BCUT2D eigenvalue weighted by Crippen LogP contribution is -2.57. The van der Waals surface area contributed by atoms with Gasteiger partial charge in [-0.3, -0.25) is 4.90 Å². The van der Waals surface area contributed by atoms with Gasteiger partial charge >= 0.3 is 0 Å². The molecule has 2 aliphatic rings. The Bertz CT molecular complexity index is 280. The van der Waals surface area contributed by atoms with Crippen LogP contribution in [0.5, 0.6) is 0 Å². The fourth-order valence-corrected chi connectivity index (χ4v) is 3.87. The van der Waals surface area contributed by atoms with Crippen molar-refractivity contribution in [3.63, 3.8) is 0 Å². The van der Waals surface area contributed by atoms with E-state index in [1.165, 1.54) is 32.4 Å². The number of ether oxygens (including phenoxy) is 1. The summed E-state index contributed by atoms with van der Waals surface area (Å²) in [5.74, 6) is 1.65. The molecule has 0 amide bonds. The van der Waals surface area contributed by atoms with Crippen molar-refractivity contribution in [2.24, 2.45) is 17.6 Å². The minimum atomic E-state index is 0.224. The Labute approximate surface area is 118 Å². The average molecular weight is 268 g/mol. The van der Waals surface area contributed by atoms with E-state index in [0.717, 1.165) is 37.8 Å². The van der Waals surface area contributed by atoms with Crippen LogP contribution >= 0.6 is 0 Å². The lowest BCUT2D eigenvalue weighted by atomic mass is 9.83. The van der Waals surface area contributed by atoms with Crippen LogP contribution in [0, 0.1) is 11.8 Å². The molecule has 2 aliphatic heterocycles. The largest absolute Gasteiger partial charge is 0.378 e. The van der Waals surface area contributed by atoms with E-state index < -0.39 is 0 Å². The third-order valence-corrected chi connectivity index (χ3v) is 5.36. The zero-order valence-corrected chi connectivity index (χ0v) is 13.0. The summed E-state index contributed by atoms with van der Waals surface area (Å²) in [6.45, 7) is 11.1. The molecule has 2 rings (SSSR count). The van der Waals surface area contributed by atoms with Gasteiger partial charge in [0.2, 0.25) is 0 Å². The van der Waals surface area contributed by atoms with Gasteiger partial charge in [0.15, 0.2) is 0 Å². The lowest BCUT2D eigenvalue weighted by Gasteiger charge is -2.47. The molecule has 0 aromatic rings. The summed E-state index contributed by atoms with van der Waals surface area (Å²) in [7, 11) is 0. The predicted molar refractivity (Wildman–Crippen MR) is 80.2 cm³/mol. The van der Waals surface area contributed by atoms with Gasteiger partial charge < -0.3 is 10.5 Å². The van der Waals surface area contributed by atoms with E-state index in [1.807, 2.05) is 0 Å². The van der Waals surface area contributed by atoms with E-state index in [4.69, 9.17) is 10.5 Å². The van der Waals surface area contributed by atoms with Gasteiger partial charge in [-0.1, -0.05) is 27.2 Å². The number of nitrogens with zero attached hydrogens (tertiary/aromatic N) is 1. The van der Waals surface area contributed by atoms with Crippen molar-refractivity contribution in [3.05, 3.63) is 0 Å².